The minimum absolute atomic E-state index is 0.124. The normalized spacial score (nSPS) is 12.9. The molecule has 1 amide bonds. The molecule has 0 bridgehead atoms. The third-order valence-electron chi connectivity index (χ3n) is 4.67. The summed E-state index contributed by atoms with van der Waals surface area (Å²) in [5, 5.41) is 7.39. The minimum atomic E-state index is -0.905. The Morgan fingerprint density at radius 3 is 2.81 bits per heavy atom. The first kappa shape index (κ1) is 17.3. The average Bonchev–Trinajstić information content (AvgIpc) is 3.25. The van der Waals surface area contributed by atoms with Gasteiger partial charge in [-0.15, -0.1) is 0 Å². The number of halogens is 2. The van der Waals surface area contributed by atoms with Crippen molar-refractivity contribution in [2.75, 3.05) is 5.32 Å². The lowest BCUT2D eigenvalue weighted by molar-refractivity contribution is -0.115. The van der Waals surface area contributed by atoms with E-state index in [9.17, 15) is 13.6 Å². The zero-order chi connectivity index (χ0) is 19.0. The molecule has 27 heavy (non-hydrogen) atoms. The number of benzene rings is 1. The molecular formula is C20H18F2N4O. The fraction of sp³-hybridized carbons (Fsp3) is 0.250. The fourth-order valence-corrected chi connectivity index (χ4v) is 3.37. The van der Waals surface area contributed by atoms with Crippen LogP contribution in [0.4, 0.5) is 14.6 Å². The molecule has 0 saturated carbocycles. The Hall–Kier alpha value is -3.09. The Balaban J connectivity index is 1.84. The summed E-state index contributed by atoms with van der Waals surface area (Å²) in [4.78, 5) is 15.9. The van der Waals surface area contributed by atoms with Crippen molar-refractivity contribution < 1.29 is 13.6 Å². The van der Waals surface area contributed by atoms with Crippen LogP contribution in [0, 0.1) is 11.6 Å². The summed E-state index contributed by atoms with van der Waals surface area (Å²) in [6.07, 6.45) is 3.81. The SMILES string of the molecule is CCC(=O)Nc1cc(-c2c(-c3ccc(F)c(F)c3)nn3c2CCC3)ccn1. The maximum absolute atomic E-state index is 13.8. The number of fused-ring (bicyclic) bond motifs is 1. The van der Waals surface area contributed by atoms with E-state index in [0.29, 0.717) is 23.5 Å². The number of aromatic nitrogens is 3. The summed E-state index contributed by atoms with van der Waals surface area (Å²) < 4.78 is 29.1. The number of hydrogen-bond donors (Lipinski definition) is 1. The summed E-state index contributed by atoms with van der Waals surface area (Å²) in [7, 11) is 0. The third kappa shape index (κ3) is 3.20. The molecule has 4 rings (SSSR count). The predicted octanol–water partition coefficient (Wildman–Crippen LogP) is 4.19. The Labute approximate surface area is 155 Å². The van der Waals surface area contributed by atoms with Crippen LogP contribution in [0.25, 0.3) is 22.4 Å². The number of nitrogens with one attached hydrogen (secondary N) is 1. The highest BCUT2D eigenvalue weighted by Gasteiger charge is 2.24. The smallest absolute Gasteiger partial charge is 0.225 e. The maximum atomic E-state index is 13.8. The standard InChI is InChI=1S/C20H18F2N4O/c1-2-18(27)24-17-11-12(7-8-23-17)19-16-4-3-9-26(16)25-20(19)13-5-6-14(21)15(22)10-13/h5-8,10-11H,2-4,9H2,1H3,(H,23,24,27). The first-order valence-corrected chi connectivity index (χ1v) is 8.88. The maximum Gasteiger partial charge on any atom is 0.225 e. The molecule has 0 fully saturated rings. The molecule has 7 heteroatoms. The van der Waals surface area contributed by atoms with E-state index in [0.717, 1.165) is 48.3 Å². The number of anilines is 1. The summed E-state index contributed by atoms with van der Waals surface area (Å²) >= 11 is 0. The molecule has 138 valence electrons. The van der Waals surface area contributed by atoms with Crippen LogP contribution in [0.2, 0.25) is 0 Å². The van der Waals surface area contributed by atoms with Crippen LogP contribution in [-0.2, 0) is 17.8 Å². The van der Waals surface area contributed by atoms with Crippen LogP contribution in [0.15, 0.2) is 36.5 Å². The van der Waals surface area contributed by atoms with Crippen LogP contribution < -0.4 is 5.32 Å². The highest BCUT2D eigenvalue weighted by molar-refractivity contribution is 5.91. The lowest BCUT2D eigenvalue weighted by Crippen LogP contribution is -2.10. The molecule has 1 aromatic carbocycles. The summed E-state index contributed by atoms with van der Waals surface area (Å²) in [5.74, 6) is -1.47. The molecule has 0 spiro atoms. The topological polar surface area (TPSA) is 59.8 Å². The molecule has 0 unspecified atom stereocenters. The zero-order valence-electron chi connectivity index (χ0n) is 14.8. The second-order valence-electron chi connectivity index (χ2n) is 6.46. The van der Waals surface area contributed by atoms with Gasteiger partial charge in [-0.1, -0.05) is 6.92 Å². The van der Waals surface area contributed by atoms with Gasteiger partial charge in [0.2, 0.25) is 5.91 Å². The van der Waals surface area contributed by atoms with Crippen molar-refractivity contribution in [3.8, 4) is 22.4 Å². The van der Waals surface area contributed by atoms with E-state index in [1.165, 1.54) is 6.07 Å². The molecule has 3 heterocycles. The van der Waals surface area contributed by atoms with Gasteiger partial charge in [0.05, 0.1) is 0 Å². The van der Waals surface area contributed by atoms with Crippen molar-refractivity contribution in [2.24, 2.45) is 0 Å². The molecule has 3 aromatic rings. The first-order valence-electron chi connectivity index (χ1n) is 8.88. The Bertz CT molecular complexity index is 1030. The second kappa shape index (κ2) is 6.90. The van der Waals surface area contributed by atoms with Gasteiger partial charge in [-0.3, -0.25) is 9.48 Å². The Morgan fingerprint density at radius 1 is 1.19 bits per heavy atom. The third-order valence-corrected chi connectivity index (χ3v) is 4.67. The van der Waals surface area contributed by atoms with Gasteiger partial charge < -0.3 is 5.32 Å². The predicted molar refractivity (Wildman–Crippen MR) is 98.1 cm³/mol. The molecule has 0 saturated heterocycles. The lowest BCUT2D eigenvalue weighted by Gasteiger charge is -2.08. The van der Waals surface area contributed by atoms with Crippen LogP contribution in [0.3, 0.4) is 0 Å². The van der Waals surface area contributed by atoms with Gasteiger partial charge in [0, 0.05) is 36.0 Å². The second-order valence-corrected chi connectivity index (χ2v) is 6.46. The number of pyridine rings is 1. The number of carbonyl (C=O) groups excluding carboxylic acids is 1. The molecular weight excluding hydrogens is 350 g/mol. The van der Waals surface area contributed by atoms with E-state index in [2.05, 4.69) is 15.4 Å². The Kier molecular flexibility index (Phi) is 4.43. The number of amides is 1. The minimum Gasteiger partial charge on any atom is -0.311 e. The number of carbonyl (C=O) groups is 1. The summed E-state index contributed by atoms with van der Waals surface area (Å²) in [6, 6.07) is 7.42. The van der Waals surface area contributed by atoms with Gasteiger partial charge in [-0.05, 0) is 48.7 Å². The fourth-order valence-electron chi connectivity index (χ4n) is 3.37. The van der Waals surface area contributed by atoms with Crippen molar-refractivity contribution in [1.29, 1.82) is 0 Å². The quantitative estimate of drug-likeness (QED) is 0.751. The zero-order valence-corrected chi connectivity index (χ0v) is 14.8. The lowest BCUT2D eigenvalue weighted by atomic mass is 9.98. The van der Waals surface area contributed by atoms with Gasteiger partial charge in [0.1, 0.15) is 11.5 Å². The van der Waals surface area contributed by atoms with E-state index < -0.39 is 11.6 Å². The van der Waals surface area contributed by atoms with Crippen molar-refractivity contribution in [1.82, 2.24) is 14.8 Å². The van der Waals surface area contributed by atoms with Crippen LogP contribution in [0.1, 0.15) is 25.5 Å². The average molecular weight is 368 g/mol. The van der Waals surface area contributed by atoms with Gasteiger partial charge >= 0.3 is 0 Å². The molecule has 1 N–H and O–H groups in total. The highest BCUT2D eigenvalue weighted by atomic mass is 19.2. The molecule has 0 aliphatic carbocycles. The number of rotatable bonds is 4. The van der Waals surface area contributed by atoms with E-state index in [4.69, 9.17) is 0 Å². The molecule has 0 atom stereocenters. The van der Waals surface area contributed by atoms with Crippen molar-refractivity contribution in [3.63, 3.8) is 0 Å². The van der Waals surface area contributed by atoms with E-state index in [-0.39, 0.29) is 5.91 Å². The molecule has 1 aliphatic rings. The van der Waals surface area contributed by atoms with Gasteiger partial charge in [0.25, 0.3) is 0 Å². The number of hydrogen-bond acceptors (Lipinski definition) is 3. The molecule has 2 aromatic heterocycles. The first-order chi connectivity index (χ1) is 13.1. The number of nitrogens with zero attached hydrogens (tertiary/aromatic N) is 3. The van der Waals surface area contributed by atoms with Gasteiger partial charge in [0.15, 0.2) is 11.6 Å². The monoisotopic (exact) mass is 368 g/mol. The highest BCUT2D eigenvalue weighted by Crippen LogP contribution is 2.38. The van der Waals surface area contributed by atoms with Crippen molar-refractivity contribution in [3.05, 3.63) is 53.9 Å². The van der Waals surface area contributed by atoms with E-state index >= 15 is 0 Å². The van der Waals surface area contributed by atoms with E-state index in [1.54, 1.807) is 19.2 Å². The molecule has 0 radical (unpaired) electrons. The number of aryl methyl sites for hydroxylation is 1. The van der Waals surface area contributed by atoms with Crippen molar-refractivity contribution in [2.45, 2.75) is 32.7 Å². The molecule has 5 nitrogen and oxygen atoms in total. The van der Waals surface area contributed by atoms with Crippen LogP contribution in [0.5, 0.6) is 0 Å². The summed E-state index contributed by atoms with van der Waals surface area (Å²) in [5.41, 5.74) is 3.87. The largest absolute Gasteiger partial charge is 0.311 e. The van der Waals surface area contributed by atoms with Crippen molar-refractivity contribution >= 4 is 11.7 Å². The van der Waals surface area contributed by atoms with Gasteiger partial charge in [-0.25, -0.2) is 13.8 Å². The van der Waals surface area contributed by atoms with E-state index in [1.807, 2.05) is 10.7 Å². The van der Waals surface area contributed by atoms with Crippen LogP contribution >= 0.6 is 0 Å². The van der Waals surface area contributed by atoms with Gasteiger partial charge in [-0.2, -0.15) is 5.10 Å². The molecule has 1 aliphatic heterocycles. The Morgan fingerprint density at radius 2 is 2.04 bits per heavy atom. The summed E-state index contributed by atoms with van der Waals surface area (Å²) in [6.45, 7) is 2.56. The van der Waals surface area contributed by atoms with Crippen LogP contribution in [-0.4, -0.2) is 20.7 Å².